The standard InChI is InChI=1S/C49H62ClF2N5O15/c1-31-26-33(11-18-42(31)66-2)30-54(36-14-15-36)47(59)43-38(34-12-9-32(10-13-34)8-7-22-67-45-40(52)17-16-39(51)44(45)50)29-37-27-35(28-41(43)55(37)48(60)68-20-3-5-23-71-56(62)63)46(58)53-19-25-70-49(61)69-21-4-6-24-72-57(64)65/h9-13,16-18,26,35-37,41,62-65H,3-8,14-15,19-25,27-30H2,1-2H3,(H,53,58). The van der Waals surface area contributed by atoms with Crippen molar-refractivity contribution in [1.82, 2.24) is 25.9 Å². The van der Waals surface area contributed by atoms with Crippen molar-refractivity contribution in [2.75, 3.05) is 53.3 Å². The summed E-state index contributed by atoms with van der Waals surface area (Å²) in [5.41, 5.74) is 4.51. The largest absolute Gasteiger partial charge is 0.508 e. The third-order valence-electron chi connectivity index (χ3n) is 12.5. The summed E-state index contributed by atoms with van der Waals surface area (Å²) < 4.78 is 55.2. The highest BCUT2D eigenvalue weighted by Gasteiger charge is 2.50. The molecule has 3 aliphatic rings. The van der Waals surface area contributed by atoms with Gasteiger partial charge < -0.3 is 33.9 Å². The highest BCUT2D eigenvalue weighted by atomic mass is 35.5. The number of hydrogen-bond acceptors (Lipinski definition) is 17. The molecule has 0 radical (unpaired) electrons. The molecule has 1 saturated carbocycles. The third-order valence-corrected chi connectivity index (χ3v) is 12.8. The Morgan fingerprint density at radius 2 is 1.42 bits per heavy atom. The average Bonchev–Trinajstić information content (AvgIpc) is 4.20. The number of piperidine rings is 1. The van der Waals surface area contributed by atoms with Gasteiger partial charge in [0.2, 0.25) is 5.91 Å². The number of methoxy groups -OCH3 is 1. The van der Waals surface area contributed by atoms with Crippen LogP contribution in [0.25, 0.3) is 5.57 Å². The molecule has 0 aromatic heterocycles. The summed E-state index contributed by atoms with van der Waals surface area (Å²) in [4.78, 5) is 68.4. The second-order valence-electron chi connectivity index (χ2n) is 17.6. The Bertz CT molecular complexity index is 2340. The van der Waals surface area contributed by atoms with Crippen LogP contribution in [0.4, 0.5) is 18.4 Å². The Hall–Kier alpha value is -5.69. The molecule has 20 nitrogen and oxygen atoms in total. The van der Waals surface area contributed by atoms with Crippen molar-refractivity contribution in [1.29, 1.82) is 0 Å². The molecule has 394 valence electrons. The minimum absolute atomic E-state index is 0.0115. The van der Waals surface area contributed by atoms with E-state index in [2.05, 4.69) is 15.0 Å². The number of carbonyl (C=O) groups is 4. The number of nitrogens with zero attached hydrogens (tertiary/aromatic N) is 4. The number of nitrogens with one attached hydrogen (secondary N) is 1. The maximum atomic E-state index is 15.5. The van der Waals surface area contributed by atoms with Gasteiger partial charge in [0.05, 0.1) is 63.5 Å². The lowest BCUT2D eigenvalue weighted by atomic mass is 9.73. The Balaban J connectivity index is 1.24. The van der Waals surface area contributed by atoms with Crippen molar-refractivity contribution in [2.45, 2.75) is 102 Å². The van der Waals surface area contributed by atoms with Gasteiger partial charge in [0.25, 0.3) is 5.91 Å². The summed E-state index contributed by atoms with van der Waals surface area (Å²) in [5.74, 6) is -2.54. The number of fused-ring (bicyclic) bond motifs is 2. The first-order valence-electron chi connectivity index (χ1n) is 23.8. The molecule has 5 N–H and O–H groups in total. The van der Waals surface area contributed by atoms with Gasteiger partial charge >= 0.3 is 12.2 Å². The molecule has 1 aliphatic carbocycles. The fourth-order valence-corrected chi connectivity index (χ4v) is 9.10. The number of carbonyl (C=O) groups excluding carboxylic acids is 4. The molecule has 23 heteroatoms. The number of amides is 3. The summed E-state index contributed by atoms with van der Waals surface area (Å²) in [7, 11) is 1.59. The first-order valence-corrected chi connectivity index (χ1v) is 24.2. The molecule has 3 aromatic rings. The van der Waals surface area contributed by atoms with E-state index < -0.39 is 57.7 Å². The number of benzene rings is 3. The van der Waals surface area contributed by atoms with Crippen LogP contribution in [-0.4, -0.2) is 137 Å². The van der Waals surface area contributed by atoms with Crippen LogP contribution in [0.15, 0.2) is 60.2 Å². The molecule has 0 spiro atoms. The number of unbranched alkanes of at least 4 members (excludes halogenated alkanes) is 2. The fourth-order valence-electron chi connectivity index (χ4n) is 8.89. The molecule has 2 aliphatic heterocycles. The maximum absolute atomic E-state index is 15.5. The number of aryl methyl sites for hydroxylation is 2. The van der Waals surface area contributed by atoms with Crippen LogP contribution in [0.1, 0.15) is 86.5 Å². The van der Waals surface area contributed by atoms with Gasteiger partial charge in [-0.2, -0.15) is 0 Å². The van der Waals surface area contributed by atoms with Gasteiger partial charge in [-0.25, -0.2) is 18.4 Å². The van der Waals surface area contributed by atoms with Crippen LogP contribution in [0.2, 0.25) is 5.02 Å². The zero-order valence-corrected chi connectivity index (χ0v) is 40.9. The average molecular weight is 1030 g/mol. The smallest absolute Gasteiger partial charge is 0.496 e. The molecule has 3 amide bonds. The summed E-state index contributed by atoms with van der Waals surface area (Å²) in [6.45, 7) is 1.88. The Morgan fingerprint density at radius 1 is 0.778 bits per heavy atom. The molecule has 3 atom stereocenters. The Morgan fingerprint density at radius 3 is 2.07 bits per heavy atom. The van der Waals surface area contributed by atoms with Crippen LogP contribution in [0, 0.1) is 24.5 Å². The van der Waals surface area contributed by atoms with E-state index in [0.717, 1.165) is 52.8 Å². The van der Waals surface area contributed by atoms with Gasteiger partial charge in [0.1, 0.15) is 23.2 Å². The summed E-state index contributed by atoms with van der Waals surface area (Å²) in [6.07, 6.45) is 2.72. The lowest BCUT2D eigenvalue weighted by Crippen LogP contribution is -2.59. The van der Waals surface area contributed by atoms with Crippen molar-refractivity contribution >= 4 is 41.2 Å². The molecular weight excluding hydrogens is 972 g/mol. The van der Waals surface area contributed by atoms with E-state index in [1.54, 1.807) is 12.0 Å². The second-order valence-corrected chi connectivity index (χ2v) is 17.9. The molecule has 2 fully saturated rings. The van der Waals surface area contributed by atoms with E-state index in [-0.39, 0.29) is 95.6 Å². The number of halogens is 3. The summed E-state index contributed by atoms with van der Waals surface area (Å²) in [5, 5.41) is 36.6. The molecule has 3 aromatic carbocycles. The predicted octanol–water partition coefficient (Wildman–Crippen LogP) is 7.73. The monoisotopic (exact) mass is 1030 g/mol. The molecule has 2 bridgehead atoms. The van der Waals surface area contributed by atoms with E-state index in [4.69, 9.17) is 56.1 Å². The third kappa shape index (κ3) is 15.9. The zero-order valence-electron chi connectivity index (χ0n) is 40.1. The van der Waals surface area contributed by atoms with Crippen LogP contribution in [-0.2, 0) is 46.4 Å². The van der Waals surface area contributed by atoms with Crippen LogP contribution >= 0.6 is 11.6 Å². The SMILES string of the molecule is COc1ccc(CN(C(=O)C2=C(c3ccc(CCCOc4c(F)ccc(F)c4Cl)cc3)CC3CC(C(=O)NCCOC(=O)OCCCCON(O)O)CC2N3C(=O)OCCCCON(O)O)C2CC2)cc1C. The summed E-state index contributed by atoms with van der Waals surface area (Å²) in [6, 6.07) is 13.7. The van der Waals surface area contributed by atoms with E-state index in [9.17, 15) is 23.2 Å². The van der Waals surface area contributed by atoms with Crippen LogP contribution in [0.3, 0.4) is 0 Å². The van der Waals surface area contributed by atoms with Crippen molar-refractivity contribution in [2.24, 2.45) is 5.92 Å². The van der Waals surface area contributed by atoms with Gasteiger partial charge in [0, 0.05) is 30.1 Å². The van der Waals surface area contributed by atoms with Gasteiger partial charge in [-0.3, -0.25) is 45.0 Å². The van der Waals surface area contributed by atoms with Crippen LogP contribution < -0.4 is 14.8 Å². The minimum atomic E-state index is -0.954. The number of hydrogen-bond donors (Lipinski definition) is 5. The van der Waals surface area contributed by atoms with Crippen LogP contribution in [0.5, 0.6) is 11.5 Å². The fraction of sp³-hybridized carbons (Fsp3) is 0.510. The van der Waals surface area contributed by atoms with Crippen molar-refractivity contribution in [3.05, 3.63) is 99.1 Å². The first kappa shape index (κ1) is 55.6. The molecule has 6 rings (SSSR count). The molecule has 72 heavy (non-hydrogen) atoms. The highest BCUT2D eigenvalue weighted by Crippen LogP contribution is 2.46. The van der Waals surface area contributed by atoms with Crippen molar-refractivity contribution in [3.63, 3.8) is 0 Å². The Labute approximate surface area is 420 Å². The maximum Gasteiger partial charge on any atom is 0.508 e. The van der Waals surface area contributed by atoms with Gasteiger partial charge in [-0.05, 0) is 124 Å². The highest BCUT2D eigenvalue weighted by molar-refractivity contribution is 6.32. The molecule has 3 unspecified atom stereocenters. The lowest BCUT2D eigenvalue weighted by Gasteiger charge is -2.49. The first-order chi connectivity index (χ1) is 34.6. The molecule has 1 saturated heterocycles. The minimum Gasteiger partial charge on any atom is -0.496 e. The topological polar surface area (TPSA) is 239 Å². The van der Waals surface area contributed by atoms with Gasteiger partial charge in [-0.15, -0.1) is 0 Å². The van der Waals surface area contributed by atoms with E-state index in [0.29, 0.717) is 49.8 Å². The lowest BCUT2D eigenvalue weighted by molar-refractivity contribution is -0.492. The summed E-state index contributed by atoms with van der Waals surface area (Å²) >= 11 is 5.94. The van der Waals surface area contributed by atoms with E-state index >= 15 is 4.79 Å². The number of ether oxygens (including phenoxy) is 5. The molecule has 2 heterocycles. The van der Waals surface area contributed by atoms with Crippen molar-refractivity contribution < 1.29 is 82.1 Å². The van der Waals surface area contributed by atoms with Crippen molar-refractivity contribution in [3.8, 4) is 11.5 Å². The second kappa shape index (κ2) is 27.4. The van der Waals surface area contributed by atoms with E-state index in [1.165, 1.54) is 0 Å². The predicted molar refractivity (Wildman–Crippen MR) is 249 cm³/mol. The van der Waals surface area contributed by atoms with Gasteiger partial charge in [-0.1, -0.05) is 48.0 Å². The zero-order chi connectivity index (χ0) is 51.7. The number of rotatable bonds is 27. The Kier molecular flexibility index (Phi) is 21.2. The normalized spacial score (nSPS) is 17.5. The quantitative estimate of drug-likeness (QED) is 0.0212. The van der Waals surface area contributed by atoms with E-state index in [1.807, 2.05) is 54.3 Å². The molecular formula is C49H62ClF2N5O15. The van der Waals surface area contributed by atoms with Gasteiger partial charge in [0.15, 0.2) is 11.6 Å².